The molecule has 6 heteroatoms. The molecule has 2 aromatic rings. The summed E-state index contributed by atoms with van der Waals surface area (Å²) in [5, 5.41) is 4.36. The predicted octanol–water partition coefficient (Wildman–Crippen LogP) is 6.62. The van der Waals surface area contributed by atoms with Crippen LogP contribution in [0.25, 0.3) is 0 Å². The van der Waals surface area contributed by atoms with Gasteiger partial charge in [-0.2, -0.15) is 0 Å². The quantitative estimate of drug-likeness (QED) is 0.266. The van der Waals surface area contributed by atoms with Crippen molar-refractivity contribution in [2.24, 2.45) is 4.99 Å². The minimum absolute atomic E-state index is 0.497. The molecule has 0 radical (unpaired) electrons. The Hall–Kier alpha value is -2.43. The molecule has 0 spiro atoms. The molecule has 0 aliphatic carbocycles. The maximum Gasteiger partial charge on any atom is 0.149 e. The summed E-state index contributed by atoms with van der Waals surface area (Å²) < 4.78 is 5.94. The highest BCUT2D eigenvalue weighted by molar-refractivity contribution is 6.32. The van der Waals surface area contributed by atoms with Gasteiger partial charge in [0.05, 0.1) is 10.1 Å². The van der Waals surface area contributed by atoms with Crippen molar-refractivity contribution in [1.29, 1.82) is 0 Å². The standard InChI is InChI=1S/C23H27Cl2N3O/c1-5-15(3)21(25)23(27-6-2)28-12-11-17-7-9-19(10-8-17)29-22-16(4)13-18(26)14-20(22)24/h6-10,13-14,28H,3,5,11-12,26H2,1-2,4H3/b23-21-,27-6?. The highest BCUT2D eigenvalue weighted by Crippen LogP contribution is 2.34. The largest absolute Gasteiger partial charge is 0.456 e. The lowest BCUT2D eigenvalue weighted by atomic mass is 10.1. The molecule has 29 heavy (non-hydrogen) atoms. The molecule has 0 aliphatic rings. The molecule has 0 heterocycles. The molecular weight excluding hydrogens is 405 g/mol. The van der Waals surface area contributed by atoms with Gasteiger partial charge in [-0.1, -0.05) is 48.8 Å². The minimum Gasteiger partial charge on any atom is -0.456 e. The first kappa shape index (κ1) is 22.9. The van der Waals surface area contributed by atoms with E-state index in [9.17, 15) is 0 Å². The number of nitrogen functional groups attached to an aromatic ring is 1. The zero-order chi connectivity index (χ0) is 21.4. The number of aryl methyl sites for hydroxylation is 1. The SMILES string of the molecule is C=C(CC)/C(Cl)=C(\N=CC)NCCc1ccc(Oc2c(C)cc(N)cc2Cl)cc1. The lowest BCUT2D eigenvalue weighted by Crippen LogP contribution is -2.17. The molecule has 0 bridgehead atoms. The van der Waals surface area contributed by atoms with Gasteiger partial charge in [-0.15, -0.1) is 0 Å². The van der Waals surface area contributed by atoms with E-state index >= 15 is 0 Å². The van der Waals surface area contributed by atoms with Crippen LogP contribution < -0.4 is 15.8 Å². The van der Waals surface area contributed by atoms with Gasteiger partial charge in [0.2, 0.25) is 0 Å². The van der Waals surface area contributed by atoms with Crippen molar-refractivity contribution in [3.05, 3.63) is 75.6 Å². The van der Waals surface area contributed by atoms with Crippen LogP contribution in [0.5, 0.6) is 11.5 Å². The summed E-state index contributed by atoms with van der Waals surface area (Å²) >= 11 is 12.6. The van der Waals surface area contributed by atoms with Crippen LogP contribution in [0, 0.1) is 6.92 Å². The molecule has 0 aliphatic heterocycles. The molecule has 0 saturated carbocycles. The van der Waals surface area contributed by atoms with E-state index in [2.05, 4.69) is 16.9 Å². The normalized spacial score (nSPS) is 12.0. The van der Waals surface area contributed by atoms with E-state index < -0.39 is 0 Å². The number of ether oxygens (including phenoxy) is 1. The number of benzene rings is 2. The number of nitrogens with one attached hydrogen (secondary N) is 1. The monoisotopic (exact) mass is 431 g/mol. The first-order valence-corrected chi connectivity index (χ1v) is 10.2. The second kappa shape index (κ2) is 10.9. The Morgan fingerprint density at radius 3 is 2.55 bits per heavy atom. The average Bonchev–Trinajstić information content (AvgIpc) is 2.70. The predicted molar refractivity (Wildman–Crippen MR) is 125 cm³/mol. The van der Waals surface area contributed by atoms with Crippen LogP contribution in [0.1, 0.15) is 31.4 Å². The zero-order valence-corrected chi connectivity index (χ0v) is 18.6. The van der Waals surface area contributed by atoms with Crippen LogP contribution >= 0.6 is 23.2 Å². The van der Waals surface area contributed by atoms with Crippen molar-refractivity contribution in [3.8, 4) is 11.5 Å². The van der Waals surface area contributed by atoms with Gasteiger partial charge < -0.3 is 15.8 Å². The van der Waals surface area contributed by atoms with E-state index in [1.165, 1.54) is 0 Å². The summed E-state index contributed by atoms with van der Waals surface area (Å²) in [7, 11) is 0. The summed E-state index contributed by atoms with van der Waals surface area (Å²) in [4.78, 5) is 4.32. The van der Waals surface area contributed by atoms with E-state index in [0.29, 0.717) is 33.9 Å². The van der Waals surface area contributed by atoms with Crippen LogP contribution in [0.2, 0.25) is 5.02 Å². The van der Waals surface area contributed by atoms with Gasteiger partial charge in [0.1, 0.15) is 17.3 Å². The average molecular weight is 432 g/mol. The minimum atomic E-state index is 0.497. The number of anilines is 1. The number of hydrogen-bond acceptors (Lipinski definition) is 4. The number of nitrogens with two attached hydrogens (primary N) is 1. The topological polar surface area (TPSA) is 59.6 Å². The summed E-state index contributed by atoms with van der Waals surface area (Å²) in [5.41, 5.74) is 9.33. The van der Waals surface area contributed by atoms with Crippen molar-refractivity contribution in [3.63, 3.8) is 0 Å². The van der Waals surface area contributed by atoms with Crippen molar-refractivity contribution in [2.45, 2.75) is 33.6 Å². The fourth-order valence-electron chi connectivity index (χ4n) is 2.69. The first-order valence-electron chi connectivity index (χ1n) is 9.48. The van der Waals surface area contributed by atoms with Crippen LogP contribution in [0.3, 0.4) is 0 Å². The second-order valence-corrected chi connectivity index (χ2v) is 7.36. The van der Waals surface area contributed by atoms with E-state index in [1.807, 2.05) is 51.1 Å². The molecule has 4 nitrogen and oxygen atoms in total. The van der Waals surface area contributed by atoms with Crippen molar-refractivity contribution in [1.82, 2.24) is 5.32 Å². The molecule has 0 fully saturated rings. The summed E-state index contributed by atoms with van der Waals surface area (Å²) in [6.45, 7) is 10.5. The Morgan fingerprint density at radius 2 is 1.97 bits per heavy atom. The fraction of sp³-hybridized carbons (Fsp3) is 0.261. The third-order valence-electron chi connectivity index (χ3n) is 4.30. The Kier molecular flexibility index (Phi) is 8.62. The number of aliphatic imine (C=N–C) groups is 1. The molecule has 0 unspecified atom stereocenters. The zero-order valence-electron chi connectivity index (χ0n) is 17.1. The molecule has 0 amide bonds. The number of halogens is 2. The van der Waals surface area contributed by atoms with Gasteiger partial charge in [0.15, 0.2) is 0 Å². The van der Waals surface area contributed by atoms with Crippen LogP contribution in [0.4, 0.5) is 5.69 Å². The lowest BCUT2D eigenvalue weighted by molar-refractivity contribution is 0.479. The van der Waals surface area contributed by atoms with Crippen LogP contribution in [-0.2, 0) is 6.42 Å². The van der Waals surface area contributed by atoms with Crippen molar-refractivity contribution < 1.29 is 4.74 Å². The Balaban J connectivity index is 2.00. The molecule has 2 aromatic carbocycles. The van der Waals surface area contributed by atoms with E-state index in [-0.39, 0.29) is 0 Å². The van der Waals surface area contributed by atoms with E-state index in [4.69, 9.17) is 33.7 Å². The Labute approximate surface area is 183 Å². The van der Waals surface area contributed by atoms with Gasteiger partial charge in [0, 0.05) is 18.4 Å². The van der Waals surface area contributed by atoms with Gasteiger partial charge >= 0.3 is 0 Å². The summed E-state index contributed by atoms with van der Waals surface area (Å²) in [6.07, 6.45) is 3.31. The molecule has 0 atom stereocenters. The highest BCUT2D eigenvalue weighted by atomic mass is 35.5. The highest BCUT2D eigenvalue weighted by Gasteiger charge is 2.09. The number of nitrogens with zero attached hydrogens (tertiary/aromatic N) is 1. The van der Waals surface area contributed by atoms with Crippen LogP contribution in [0.15, 0.2) is 64.4 Å². The molecule has 0 saturated heterocycles. The Morgan fingerprint density at radius 1 is 1.28 bits per heavy atom. The molecular formula is C23H27Cl2N3O. The van der Waals surface area contributed by atoms with Gasteiger partial charge in [-0.3, -0.25) is 0 Å². The number of rotatable bonds is 9. The third-order valence-corrected chi connectivity index (χ3v) is 5.03. The molecule has 0 aromatic heterocycles. The first-order chi connectivity index (χ1) is 13.8. The lowest BCUT2D eigenvalue weighted by Gasteiger charge is -2.13. The number of hydrogen-bond donors (Lipinski definition) is 2. The number of allylic oxidation sites excluding steroid dienone is 2. The summed E-state index contributed by atoms with van der Waals surface area (Å²) in [5.74, 6) is 1.98. The van der Waals surface area contributed by atoms with Gasteiger partial charge in [-0.25, -0.2) is 4.99 Å². The van der Waals surface area contributed by atoms with Gasteiger partial charge in [0.25, 0.3) is 0 Å². The third kappa shape index (κ3) is 6.55. The van der Waals surface area contributed by atoms with E-state index in [1.54, 1.807) is 12.3 Å². The van der Waals surface area contributed by atoms with Crippen molar-refractivity contribution >= 4 is 35.1 Å². The molecule has 2 rings (SSSR count). The smallest absolute Gasteiger partial charge is 0.149 e. The molecule has 154 valence electrons. The maximum atomic E-state index is 6.36. The van der Waals surface area contributed by atoms with Crippen molar-refractivity contribution in [2.75, 3.05) is 12.3 Å². The van der Waals surface area contributed by atoms with Crippen LogP contribution in [-0.4, -0.2) is 12.8 Å². The van der Waals surface area contributed by atoms with E-state index in [0.717, 1.165) is 35.3 Å². The summed E-state index contributed by atoms with van der Waals surface area (Å²) in [6, 6.07) is 11.4. The fourth-order valence-corrected chi connectivity index (χ4v) is 3.25. The Bertz CT molecular complexity index is 895. The maximum absolute atomic E-state index is 6.36. The van der Waals surface area contributed by atoms with Gasteiger partial charge in [-0.05, 0) is 67.7 Å². The second-order valence-electron chi connectivity index (χ2n) is 6.58. The molecule has 3 N–H and O–H groups in total.